The molecule has 30 heavy (non-hydrogen) atoms. The van der Waals surface area contributed by atoms with Gasteiger partial charge in [0.05, 0.1) is 25.2 Å². The summed E-state index contributed by atoms with van der Waals surface area (Å²) in [6.45, 7) is 3.28. The zero-order valence-corrected chi connectivity index (χ0v) is 18.6. The van der Waals surface area contributed by atoms with Gasteiger partial charge in [-0.2, -0.15) is 4.31 Å². The number of sulfonamides is 1. The number of carbonyl (C=O) groups is 1. The Labute approximate surface area is 182 Å². The minimum Gasteiger partial charge on any atom is -0.496 e. The van der Waals surface area contributed by atoms with Crippen molar-refractivity contribution in [1.82, 2.24) is 4.31 Å². The third kappa shape index (κ3) is 5.31. The van der Waals surface area contributed by atoms with Gasteiger partial charge in [-0.25, -0.2) is 8.42 Å². The van der Waals surface area contributed by atoms with Crippen molar-refractivity contribution in [2.45, 2.75) is 24.7 Å². The monoisotopic (exact) mass is 452 g/mol. The van der Waals surface area contributed by atoms with Gasteiger partial charge in [-0.15, -0.1) is 0 Å². The van der Waals surface area contributed by atoms with Crippen LogP contribution in [0.4, 0.5) is 5.69 Å². The third-order valence-corrected chi connectivity index (χ3v) is 7.07. The molecule has 9 heteroatoms. The average Bonchev–Trinajstić information content (AvgIpc) is 2.74. The molecule has 162 valence electrons. The fraction of sp³-hybridized carbons (Fsp3) is 0.381. The van der Waals surface area contributed by atoms with Crippen LogP contribution in [0.2, 0.25) is 5.02 Å². The summed E-state index contributed by atoms with van der Waals surface area (Å²) < 4.78 is 37.9. The third-order valence-electron chi connectivity index (χ3n) is 4.94. The molecule has 1 saturated heterocycles. The van der Waals surface area contributed by atoms with E-state index in [1.165, 1.54) is 17.5 Å². The highest BCUT2D eigenvalue weighted by Gasteiger charge is 2.27. The summed E-state index contributed by atoms with van der Waals surface area (Å²) in [5.74, 6) is 0.371. The molecule has 0 atom stereocenters. The summed E-state index contributed by atoms with van der Waals surface area (Å²) in [6, 6.07) is 10.00. The Hall–Kier alpha value is -2.13. The number of carbonyl (C=O) groups excluding carboxylic acids is 1. The lowest BCUT2D eigenvalue weighted by Gasteiger charge is -2.26. The van der Waals surface area contributed by atoms with Crippen LogP contribution in [0, 0.1) is 6.92 Å². The van der Waals surface area contributed by atoms with E-state index in [4.69, 9.17) is 21.1 Å². The van der Waals surface area contributed by atoms with Crippen LogP contribution < -0.4 is 10.1 Å². The van der Waals surface area contributed by atoms with E-state index in [1.807, 2.05) is 6.92 Å². The van der Waals surface area contributed by atoms with Crippen LogP contribution in [0.1, 0.15) is 17.5 Å². The van der Waals surface area contributed by atoms with Crippen molar-refractivity contribution in [2.24, 2.45) is 0 Å². The number of anilines is 1. The zero-order valence-electron chi connectivity index (χ0n) is 17.0. The highest BCUT2D eigenvalue weighted by Crippen LogP contribution is 2.26. The van der Waals surface area contributed by atoms with Gasteiger partial charge in [0, 0.05) is 30.2 Å². The van der Waals surface area contributed by atoms with E-state index in [-0.39, 0.29) is 17.2 Å². The first-order valence-electron chi connectivity index (χ1n) is 9.62. The number of hydrogen-bond donors (Lipinski definition) is 1. The average molecular weight is 453 g/mol. The number of benzene rings is 2. The zero-order chi connectivity index (χ0) is 21.7. The van der Waals surface area contributed by atoms with Crippen LogP contribution in [0.25, 0.3) is 0 Å². The predicted octanol–water partition coefficient (Wildman–Crippen LogP) is 3.25. The quantitative estimate of drug-likeness (QED) is 0.697. The number of methoxy groups -OCH3 is 1. The smallest absolute Gasteiger partial charge is 0.243 e. The van der Waals surface area contributed by atoms with Gasteiger partial charge in [-0.05, 0) is 60.9 Å². The lowest BCUT2D eigenvalue weighted by Crippen LogP contribution is -2.40. The van der Waals surface area contributed by atoms with E-state index in [9.17, 15) is 13.2 Å². The predicted molar refractivity (Wildman–Crippen MR) is 116 cm³/mol. The van der Waals surface area contributed by atoms with E-state index in [0.29, 0.717) is 54.7 Å². The molecule has 0 unspecified atom stereocenters. The molecule has 0 aliphatic carbocycles. The van der Waals surface area contributed by atoms with Crippen molar-refractivity contribution in [2.75, 3.05) is 38.7 Å². The largest absolute Gasteiger partial charge is 0.496 e. The Morgan fingerprint density at radius 1 is 1.20 bits per heavy atom. The van der Waals surface area contributed by atoms with Crippen molar-refractivity contribution in [3.8, 4) is 5.75 Å². The molecule has 1 N–H and O–H groups in total. The fourth-order valence-corrected chi connectivity index (χ4v) is 4.96. The van der Waals surface area contributed by atoms with Gasteiger partial charge >= 0.3 is 0 Å². The summed E-state index contributed by atoms with van der Waals surface area (Å²) in [6.07, 6.45) is 0.521. The summed E-state index contributed by atoms with van der Waals surface area (Å²) in [4.78, 5) is 12.6. The topological polar surface area (TPSA) is 84.9 Å². The number of rotatable bonds is 7. The highest BCUT2D eigenvalue weighted by atomic mass is 35.5. The number of amides is 1. The normalized spacial score (nSPS) is 15.0. The van der Waals surface area contributed by atoms with E-state index in [2.05, 4.69) is 5.32 Å². The maximum Gasteiger partial charge on any atom is 0.243 e. The second-order valence-electron chi connectivity index (χ2n) is 7.00. The van der Waals surface area contributed by atoms with Crippen LogP contribution in [-0.2, 0) is 26.0 Å². The van der Waals surface area contributed by atoms with Gasteiger partial charge < -0.3 is 14.8 Å². The second-order valence-corrected chi connectivity index (χ2v) is 9.37. The second kappa shape index (κ2) is 9.78. The number of morpholine rings is 1. The van der Waals surface area contributed by atoms with Crippen LogP contribution in [0.15, 0.2) is 41.3 Å². The Morgan fingerprint density at radius 2 is 1.93 bits per heavy atom. The Bertz CT molecular complexity index is 1020. The Kier molecular flexibility index (Phi) is 7.36. The Morgan fingerprint density at radius 3 is 2.60 bits per heavy atom. The van der Waals surface area contributed by atoms with E-state index < -0.39 is 10.0 Å². The van der Waals surface area contributed by atoms with Crippen LogP contribution in [0.3, 0.4) is 0 Å². The maximum atomic E-state index is 12.9. The van der Waals surface area contributed by atoms with Gasteiger partial charge in [0.2, 0.25) is 15.9 Å². The van der Waals surface area contributed by atoms with Gasteiger partial charge in [-0.1, -0.05) is 11.6 Å². The maximum absolute atomic E-state index is 12.9. The van der Waals surface area contributed by atoms with Crippen LogP contribution in [-0.4, -0.2) is 52.0 Å². The Balaban J connectivity index is 1.73. The van der Waals surface area contributed by atoms with Gasteiger partial charge in [-0.3, -0.25) is 4.79 Å². The fourth-order valence-electron chi connectivity index (χ4n) is 3.28. The molecule has 1 amide bonds. The summed E-state index contributed by atoms with van der Waals surface area (Å²) in [5.41, 5.74) is 2.22. The van der Waals surface area contributed by atoms with Crippen molar-refractivity contribution >= 4 is 33.2 Å². The molecular weight excluding hydrogens is 428 g/mol. The minimum absolute atomic E-state index is 0.177. The molecule has 1 aliphatic rings. The van der Waals surface area contributed by atoms with Gasteiger partial charge in [0.25, 0.3) is 0 Å². The van der Waals surface area contributed by atoms with Crippen molar-refractivity contribution in [3.05, 3.63) is 52.5 Å². The first-order valence-corrected chi connectivity index (χ1v) is 11.4. The van der Waals surface area contributed by atoms with Crippen LogP contribution >= 0.6 is 11.6 Å². The number of halogens is 1. The minimum atomic E-state index is -3.62. The molecule has 1 heterocycles. The molecule has 7 nitrogen and oxygen atoms in total. The lowest BCUT2D eigenvalue weighted by molar-refractivity contribution is -0.116. The number of nitrogens with zero attached hydrogens (tertiary/aromatic N) is 1. The first-order chi connectivity index (χ1) is 14.3. The van der Waals surface area contributed by atoms with E-state index in [0.717, 1.165) is 5.56 Å². The summed E-state index contributed by atoms with van der Waals surface area (Å²) in [5, 5.41) is 3.47. The van der Waals surface area contributed by atoms with E-state index >= 15 is 0 Å². The first kappa shape index (κ1) is 22.6. The molecule has 2 aromatic carbocycles. The molecule has 1 fully saturated rings. The number of hydrogen-bond acceptors (Lipinski definition) is 5. The molecule has 2 aromatic rings. The highest BCUT2D eigenvalue weighted by molar-refractivity contribution is 7.89. The lowest BCUT2D eigenvalue weighted by atomic mass is 10.1. The molecular formula is C21H25ClN2O5S. The summed E-state index contributed by atoms with van der Waals surface area (Å²) >= 11 is 5.95. The molecule has 1 aliphatic heterocycles. The number of aryl methyl sites for hydroxylation is 2. The number of ether oxygens (including phenoxy) is 2. The molecule has 3 rings (SSSR count). The molecule has 0 bridgehead atoms. The molecule has 0 saturated carbocycles. The van der Waals surface area contributed by atoms with Crippen molar-refractivity contribution < 1.29 is 22.7 Å². The van der Waals surface area contributed by atoms with E-state index in [1.54, 1.807) is 30.3 Å². The van der Waals surface area contributed by atoms with Crippen molar-refractivity contribution in [3.63, 3.8) is 0 Å². The molecule has 0 radical (unpaired) electrons. The molecule has 0 spiro atoms. The number of nitrogens with one attached hydrogen (secondary N) is 1. The van der Waals surface area contributed by atoms with Gasteiger partial charge in [0.1, 0.15) is 5.75 Å². The van der Waals surface area contributed by atoms with Crippen LogP contribution in [0.5, 0.6) is 5.75 Å². The standard InChI is InChI=1S/C21H25ClN2O5S/c1-15-13-17(22)4-6-19(15)23-21(25)8-3-16-14-18(5-7-20(16)28-2)30(26,27)24-9-11-29-12-10-24/h4-7,13-14H,3,8-12H2,1-2H3,(H,23,25). The van der Waals surface area contributed by atoms with Gasteiger partial charge in [0.15, 0.2) is 0 Å². The summed E-state index contributed by atoms with van der Waals surface area (Å²) in [7, 11) is -2.10. The SMILES string of the molecule is COc1ccc(S(=O)(=O)N2CCOCC2)cc1CCC(=O)Nc1ccc(Cl)cc1C. The van der Waals surface area contributed by atoms with Crippen molar-refractivity contribution in [1.29, 1.82) is 0 Å². The molecule has 0 aromatic heterocycles.